The number of carbonyl (C=O) groups excluding carboxylic acids is 1. The molecule has 0 saturated carbocycles. The number of carbonyl (C=O) groups is 1. The van der Waals surface area contributed by atoms with Crippen LogP contribution >= 0.6 is 39.3 Å². The minimum atomic E-state index is -0.219. The molecular formula is C19H14BrClN2OS. The average Bonchev–Trinajstić information content (AvgIpc) is 2.60. The van der Waals surface area contributed by atoms with Gasteiger partial charge in [-0.05, 0) is 35.4 Å². The van der Waals surface area contributed by atoms with Crippen molar-refractivity contribution >= 4 is 45.2 Å². The van der Waals surface area contributed by atoms with Crippen molar-refractivity contribution < 1.29 is 4.79 Å². The lowest BCUT2D eigenvalue weighted by Gasteiger charge is -2.25. The molecule has 0 fully saturated rings. The van der Waals surface area contributed by atoms with Crippen LogP contribution in [-0.4, -0.2) is 5.91 Å². The van der Waals surface area contributed by atoms with Gasteiger partial charge in [-0.1, -0.05) is 51.8 Å². The summed E-state index contributed by atoms with van der Waals surface area (Å²) in [7, 11) is 0. The number of nitrogens with zero attached hydrogens (tertiary/aromatic N) is 1. The fourth-order valence-electron chi connectivity index (χ4n) is 2.68. The summed E-state index contributed by atoms with van der Waals surface area (Å²) in [5.74, 6) is 0.370. The number of hydrogen-bond acceptors (Lipinski definition) is 3. The monoisotopic (exact) mass is 432 g/mol. The number of nitriles is 1. The second-order valence-corrected chi connectivity index (χ2v) is 7.97. The van der Waals surface area contributed by atoms with E-state index in [4.69, 9.17) is 11.6 Å². The number of hydrogen-bond donors (Lipinski definition) is 1. The van der Waals surface area contributed by atoms with Crippen LogP contribution in [0.2, 0.25) is 5.02 Å². The molecule has 1 aliphatic rings. The van der Waals surface area contributed by atoms with Crippen LogP contribution in [0.5, 0.6) is 0 Å². The van der Waals surface area contributed by atoms with Crippen LogP contribution in [0.1, 0.15) is 23.5 Å². The molecule has 1 N–H and O–H groups in total. The molecule has 0 unspecified atom stereocenters. The normalized spacial score (nSPS) is 17.2. The number of nitrogens with one attached hydrogen (secondary N) is 1. The number of thioether (sulfide) groups is 1. The van der Waals surface area contributed by atoms with E-state index in [2.05, 4.69) is 27.3 Å². The lowest BCUT2D eigenvalue weighted by Crippen LogP contribution is -2.30. The van der Waals surface area contributed by atoms with Gasteiger partial charge in [0, 0.05) is 27.6 Å². The lowest BCUT2D eigenvalue weighted by atomic mass is 9.87. The molecule has 3 nitrogen and oxygen atoms in total. The lowest BCUT2D eigenvalue weighted by molar-refractivity contribution is -0.120. The fraction of sp³-hybridized carbons (Fsp3) is 0.158. The van der Waals surface area contributed by atoms with E-state index >= 15 is 0 Å². The third-order valence-electron chi connectivity index (χ3n) is 3.90. The van der Waals surface area contributed by atoms with Crippen molar-refractivity contribution in [3.05, 3.63) is 79.8 Å². The molecule has 2 aromatic carbocycles. The van der Waals surface area contributed by atoms with E-state index in [0.29, 0.717) is 21.4 Å². The summed E-state index contributed by atoms with van der Waals surface area (Å²) in [6.45, 7) is 0. The van der Waals surface area contributed by atoms with E-state index in [-0.39, 0.29) is 18.2 Å². The molecule has 0 aliphatic carbocycles. The first kappa shape index (κ1) is 18.1. The quantitative estimate of drug-likeness (QED) is 0.705. The summed E-state index contributed by atoms with van der Waals surface area (Å²) in [5.41, 5.74) is 2.65. The summed E-state index contributed by atoms with van der Waals surface area (Å²) in [5, 5.41) is 13.9. The Morgan fingerprint density at radius 1 is 1.28 bits per heavy atom. The summed E-state index contributed by atoms with van der Waals surface area (Å²) in [6, 6.07) is 17.6. The second kappa shape index (κ2) is 8.09. The molecule has 126 valence electrons. The molecule has 0 radical (unpaired) electrons. The topological polar surface area (TPSA) is 52.9 Å². The summed E-state index contributed by atoms with van der Waals surface area (Å²) in [6.07, 6.45) is 0.282. The first-order valence-corrected chi connectivity index (χ1v) is 9.79. The zero-order chi connectivity index (χ0) is 17.8. The van der Waals surface area contributed by atoms with Gasteiger partial charge in [0.2, 0.25) is 5.91 Å². The summed E-state index contributed by atoms with van der Waals surface area (Å²) < 4.78 is 0.934. The number of rotatable bonds is 4. The molecule has 3 rings (SSSR count). The maximum atomic E-state index is 12.2. The Balaban J connectivity index is 1.87. The van der Waals surface area contributed by atoms with E-state index < -0.39 is 0 Å². The van der Waals surface area contributed by atoms with E-state index in [1.54, 1.807) is 0 Å². The molecule has 1 amide bonds. The highest BCUT2D eigenvalue weighted by atomic mass is 79.9. The minimum Gasteiger partial charge on any atom is -0.320 e. The Morgan fingerprint density at radius 2 is 2.04 bits per heavy atom. The highest BCUT2D eigenvalue weighted by Crippen LogP contribution is 2.37. The molecule has 25 heavy (non-hydrogen) atoms. The Morgan fingerprint density at radius 3 is 2.72 bits per heavy atom. The molecule has 0 saturated heterocycles. The predicted octanol–water partition coefficient (Wildman–Crippen LogP) is 5.37. The van der Waals surface area contributed by atoms with Crippen LogP contribution in [0, 0.1) is 11.3 Å². The SMILES string of the molecule is N#CC1=C(SCc2ccc(Cl)cc2)NC(=O)C[C@@H]1c1cccc(Br)c1. The summed E-state index contributed by atoms with van der Waals surface area (Å²) in [4.78, 5) is 12.2. The van der Waals surface area contributed by atoms with Gasteiger partial charge in [0.05, 0.1) is 16.7 Å². The van der Waals surface area contributed by atoms with Gasteiger partial charge in [0.15, 0.2) is 0 Å². The molecule has 0 aromatic heterocycles. The number of amides is 1. The Hall–Kier alpha value is -1.74. The van der Waals surface area contributed by atoms with Crippen LogP contribution < -0.4 is 5.32 Å². The second-order valence-electron chi connectivity index (χ2n) is 5.63. The van der Waals surface area contributed by atoms with E-state index in [1.165, 1.54) is 11.8 Å². The maximum Gasteiger partial charge on any atom is 0.225 e. The Bertz CT molecular complexity index is 874. The molecule has 2 aromatic rings. The van der Waals surface area contributed by atoms with Crippen molar-refractivity contribution in [3.8, 4) is 6.07 Å². The van der Waals surface area contributed by atoms with Crippen molar-refractivity contribution in [1.29, 1.82) is 5.26 Å². The zero-order valence-electron chi connectivity index (χ0n) is 13.1. The first-order chi connectivity index (χ1) is 12.1. The fourth-order valence-corrected chi connectivity index (χ4v) is 4.25. The molecule has 0 spiro atoms. The Labute approximate surface area is 164 Å². The highest BCUT2D eigenvalue weighted by molar-refractivity contribution is 9.10. The van der Waals surface area contributed by atoms with Crippen LogP contribution in [0.4, 0.5) is 0 Å². The van der Waals surface area contributed by atoms with Crippen molar-refractivity contribution in [3.63, 3.8) is 0 Å². The van der Waals surface area contributed by atoms with Crippen molar-refractivity contribution in [1.82, 2.24) is 5.32 Å². The number of benzene rings is 2. The van der Waals surface area contributed by atoms with Gasteiger partial charge >= 0.3 is 0 Å². The van der Waals surface area contributed by atoms with E-state index in [9.17, 15) is 10.1 Å². The minimum absolute atomic E-state index is 0.0671. The molecule has 1 aliphatic heterocycles. The highest BCUT2D eigenvalue weighted by Gasteiger charge is 2.29. The third-order valence-corrected chi connectivity index (χ3v) is 5.74. The smallest absolute Gasteiger partial charge is 0.225 e. The maximum absolute atomic E-state index is 12.2. The molecule has 0 bridgehead atoms. The largest absolute Gasteiger partial charge is 0.320 e. The first-order valence-electron chi connectivity index (χ1n) is 7.63. The zero-order valence-corrected chi connectivity index (χ0v) is 16.3. The average molecular weight is 434 g/mol. The van der Waals surface area contributed by atoms with E-state index in [1.807, 2.05) is 48.5 Å². The molecule has 1 heterocycles. The molecule has 1 atom stereocenters. The Kier molecular flexibility index (Phi) is 5.85. The van der Waals surface area contributed by atoms with Crippen molar-refractivity contribution in [2.75, 3.05) is 0 Å². The number of allylic oxidation sites excluding steroid dienone is 1. The van der Waals surface area contributed by atoms with Crippen molar-refractivity contribution in [2.45, 2.75) is 18.1 Å². The van der Waals surface area contributed by atoms with E-state index in [0.717, 1.165) is 15.6 Å². The predicted molar refractivity (Wildman–Crippen MR) is 105 cm³/mol. The third kappa shape index (κ3) is 4.46. The standard InChI is InChI=1S/C19H14BrClN2OS/c20-14-3-1-2-13(8-14)16-9-18(24)23-19(17(16)10-22)25-11-12-4-6-15(21)7-5-12/h1-8,16H,9,11H2,(H,23,24)/t16-/m1/s1. The molecule has 6 heteroatoms. The van der Waals surface area contributed by atoms with Crippen LogP contribution in [0.3, 0.4) is 0 Å². The van der Waals surface area contributed by atoms with Crippen LogP contribution in [0.25, 0.3) is 0 Å². The summed E-state index contributed by atoms with van der Waals surface area (Å²) >= 11 is 10.8. The van der Waals surface area contributed by atoms with Gasteiger partial charge in [0.25, 0.3) is 0 Å². The van der Waals surface area contributed by atoms with Crippen LogP contribution in [-0.2, 0) is 10.5 Å². The van der Waals surface area contributed by atoms with Gasteiger partial charge in [0.1, 0.15) is 0 Å². The van der Waals surface area contributed by atoms with Crippen LogP contribution in [0.15, 0.2) is 63.6 Å². The van der Waals surface area contributed by atoms with Gasteiger partial charge in [-0.2, -0.15) is 5.26 Å². The van der Waals surface area contributed by atoms with Gasteiger partial charge < -0.3 is 5.32 Å². The van der Waals surface area contributed by atoms with Gasteiger partial charge in [-0.3, -0.25) is 4.79 Å². The van der Waals surface area contributed by atoms with Gasteiger partial charge in [-0.15, -0.1) is 11.8 Å². The number of halogens is 2. The molecular weight excluding hydrogens is 420 g/mol. The van der Waals surface area contributed by atoms with Gasteiger partial charge in [-0.25, -0.2) is 0 Å². The van der Waals surface area contributed by atoms with Crippen molar-refractivity contribution in [2.24, 2.45) is 0 Å².